The number of hydrogen-bond donors (Lipinski definition) is 0. The molecule has 1 saturated heterocycles. The molecule has 21 heavy (non-hydrogen) atoms. The van der Waals surface area contributed by atoms with Gasteiger partial charge in [0.25, 0.3) is 0 Å². The van der Waals surface area contributed by atoms with Gasteiger partial charge in [0.1, 0.15) is 0 Å². The van der Waals surface area contributed by atoms with E-state index < -0.39 is 0 Å². The third kappa shape index (κ3) is 3.14. The van der Waals surface area contributed by atoms with Crippen LogP contribution in [-0.2, 0) is 4.74 Å². The fraction of sp³-hybridized carbons (Fsp3) is 0.500. The van der Waals surface area contributed by atoms with Gasteiger partial charge in [-0.1, -0.05) is 35.5 Å². The van der Waals surface area contributed by atoms with E-state index in [1.807, 2.05) is 30.3 Å². The molecule has 5 nitrogen and oxygen atoms in total. The Labute approximate surface area is 124 Å². The molecule has 1 fully saturated rings. The van der Waals surface area contributed by atoms with Crippen LogP contribution < -0.4 is 0 Å². The second kappa shape index (κ2) is 5.95. The van der Waals surface area contributed by atoms with Gasteiger partial charge in [0.05, 0.1) is 18.2 Å². The molecular formula is C16H21N3O2. The van der Waals surface area contributed by atoms with Gasteiger partial charge >= 0.3 is 0 Å². The van der Waals surface area contributed by atoms with E-state index in [1.165, 1.54) is 0 Å². The van der Waals surface area contributed by atoms with Crippen molar-refractivity contribution >= 4 is 0 Å². The standard InChI is InChI=1S/C16H21N3O2/c1-11-9-19(10-12(2)20-11)13(3)16-17-15(18-21-16)14-7-5-4-6-8-14/h4-8,11-13H,9-10H2,1-3H3/t11-,12+,13-/m0/s1. The Bertz CT molecular complexity index is 574. The van der Waals surface area contributed by atoms with Gasteiger partial charge in [-0.05, 0) is 20.8 Å². The molecule has 3 rings (SSSR count). The minimum Gasteiger partial charge on any atom is -0.373 e. The van der Waals surface area contributed by atoms with Crippen LogP contribution in [0.3, 0.4) is 0 Å². The molecular weight excluding hydrogens is 266 g/mol. The predicted octanol–water partition coefficient (Wildman–Crippen LogP) is 2.91. The molecule has 112 valence electrons. The van der Waals surface area contributed by atoms with Crippen LogP contribution in [0.4, 0.5) is 0 Å². The molecule has 0 radical (unpaired) electrons. The number of morpholine rings is 1. The number of nitrogens with zero attached hydrogens (tertiary/aromatic N) is 3. The molecule has 1 aromatic heterocycles. The first-order valence-corrected chi connectivity index (χ1v) is 7.42. The number of rotatable bonds is 3. The average Bonchev–Trinajstić information content (AvgIpc) is 2.96. The Morgan fingerprint density at radius 2 is 1.81 bits per heavy atom. The number of ether oxygens (including phenoxy) is 1. The Morgan fingerprint density at radius 3 is 2.48 bits per heavy atom. The molecule has 0 bridgehead atoms. The van der Waals surface area contributed by atoms with Crippen LogP contribution in [0.5, 0.6) is 0 Å². The Morgan fingerprint density at radius 1 is 1.14 bits per heavy atom. The van der Waals surface area contributed by atoms with Crippen molar-refractivity contribution in [3.63, 3.8) is 0 Å². The third-order valence-electron chi connectivity index (χ3n) is 3.83. The summed E-state index contributed by atoms with van der Waals surface area (Å²) in [4.78, 5) is 6.88. The highest BCUT2D eigenvalue weighted by Gasteiger charge is 2.29. The minimum atomic E-state index is 0.101. The van der Waals surface area contributed by atoms with Gasteiger partial charge in [0.2, 0.25) is 11.7 Å². The second-order valence-electron chi connectivity index (χ2n) is 5.71. The molecule has 5 heteroatoms. The second-order valence-corrected chi connectivity index (χ2v) is 5.71. The molecule has 0 unspecified atom stereocenters. The van der Waals surface area contributed by atoms with Gasteiger partial charge in [0.15, 0.2) is 0 Å². The van der Waals surface area contributed by atoms with Crippen LogP contribution in [0.1, 0.15) is 32.7 Å². The topological polar surface area (TPSA) is 51.4 Å². The van der Waals surface area contributed by atoms with E-state index in [1.54, 1.807) is 0 Å². The van der Waals surface area contributed by atoms with Crippen molar-refractivity contribution in [1.82, 2.24) is 15.0 Å². The van der Waals surface area contributed by atoms with E-state index in [2.05, 4.69) is 35.8 Å². The Kier molecular flexibility index (Phi) is 4.03. The van der Waals surface area contributed by atoms with Crippen LogP contribution in [0.25, 0.3) is 11.4 Å². The van der Waals surface area contributed by atoms with Crippen molar-refractivity contribution in [2.45, 2.75) is 39.0 Å². The summed E-state index contributed by atoms with van der Waals surface area (Å²) in [6, 6.07) is 9.99. The number of aromatic nitrogens is 2. The van der Waals surface area contributed by atoms with E-state index >= 15 is 0 Å². The van der Waals surface area contributed by atoms with Gasteiger partial charge in [-0.2, -0.15) is 4.98 Å². The van der Waals surface area contributed by atoms with Crippen LogP contribution >= 0.6 is 0 Å². The zero-order valence-electron chi connectivity index (χ0n) is 12.7. The average molecular weight is 287 g/mol. The molecule has 2 heterocycles. The number of hydrogen-bond acceptors (Lipinski definition) is 5. The minimum absolute atomic E-state index is 0.101. The molecule has 1 aromatic carbocycles. The maximum absolute atomic E-state index is 5.77. The van der Waals surface area contributed by atoms with Crippen molar-refractivity contribution in [2.75, 3.05) is 13.1 Å². The first kappa shape index (κ1) is 14.2. The molecule has 1 aliphatic rings. The normalized spacial score (nSPS) is 24.9. The maximum Gasteiger partial charge on any atom is 0.244 e. The zero-order valence-corrected chi connectivity index (χ0v) is 12.7. The van der Waals surface area contributed by atoms with Gasteiger partial charge in [0, 0.05) is 18.7 Å². The SMILES string of the molecule is C[C@@H]1CN([C@@H](C)c2nc(-c3ccccc3)no2)C[C@H](C)O1. The Hall–Kier alpha value is -1.72. The summed E-state index contributed by atoms with van der Waals surface area (Å²) in [5.41, 5.74) is 0.975. The molecule has 0 saturated carbocycles. The molecule has 0 N–H and O–H groups in total. The van der Waals surface area contributed by atoms with E-state index in [-0.39, 0.29) is 18.2 Å². The Balaban J connectivity index is 1.76. The summed E-state index contributed by atoms with van der Waals surface area (Å²) in [6.45, 7) is 8.06. The fourth-order valence-corrected chi connectivity index (χ4v) is 2.80. The zero-order chi connectivity index (χ0) is 14.8. The fourth-order valence-electron chi connectivity index (χ4n) is 2.80. The lowest BCUT2D eigenvalue weighted by Gasteiger charge is -2.37. The van der Waals surface area contributed by atoms with Crippen LogP contribution in [0.15, 0.2) is 34.9 Å². The van der Waals surface area contributed by atoms with E-state index in [9.17, 15) is 0 Å². The van der Waals surface area contributed by atoms with Gasteiger partial charge < -0.3 is 9.26 Å². The van der Waals surface area contributed by atoms with Gasteiger partial charge in [-0.3, -0.25) is 4.90 Å². The summed E-state index contributed by atoms with van der Waals surface area (Å²) < 4.78 is 11.2. The first-order valence-electron chi connectivity index (χ1n) is 7.42. The molecule has 0 amide bonds. The number of benzene rings is 1. The highest BCUT2D eigenvalue weighted by molar-refractivity contribution is 5.53. The van der Waals surface area contributed by atoms with Crippen molar-refractivity contribution < 1.29 is 9.26 Å². The maximum atomic E-state index is 5.77. The van der Waals surface area contributed by atoms with Crippen molar-refractivity contribution in [2.24, 2.45) is 0 Å². The molecule has 0 aliphatic carbocycles. The highest BCUT2D eigenvalue weighted by atomic mass is 16.5. The van der Waals surface area contributed by atoms with Crippen molar-refractivity contribution in [3.8, 4) is 11.4 Å². The van der Waals surface area contributed by atoms with E-state index in [0.717, 1.165) is 18.7 Å². The van der Waals surface area contributed by atoms with E-state index in [0.29, 0.717) is 11.7 Å². The summed E-state index contributed by atoms with van der Waals surface area (Å²) in [5.74, 6) is 1.31. The van der Waals surface area contributed by atoms with Crippen molar-refractivity contribution in [3.05, 3.63) is 36.2 Å². The molecule has 3 atom stereocenters. The summed E-state index contributed by atoms with van der Waals surface area (Å²) in [5, 5.41) is 4.10. The van der Waals surface area contributed by atoms with Gasteiger partial charge in [-0.25, -0.2) is 0 Å². The monoisotopic (exact) mass is 287 g/mol. The largest absolute Gasteiger partial charge is 0.373 e. The predicted molar refractivity (Wildman–Crippen MR) is 79.7 cm³/mol. The smallest absolute Gasteiger partial charge is 0.244 e. The summed E-state index contributed by atoms with van der Waals surface area (Å²) in [6.07, 6.45) is 0.459. The lowest BCUT2D eigenvalue weighted by Crippen LogP contribution is -2.46. The highest BCUT2D eigenvalue weighted by Crippen LogP contribution is 2.25. The lowest BCUT2D eigenvalue weighted by atomic mass is 10.1. The van der Waals surface area contributed by atoms with Crippen molar-refractivity contribution in [1.29, 1.82) is 0 Å². The van der Waals surface area contributed by atoms with E-state index in [4.69, 9.17) is 9.26 Å². The molecule has 2 aromatic rings. The van der Waals surface area contributed by atoms with Crippen LogP contribution in [0, 0.1) is 0 Å². The lowest BCUT2D eigenvalue weighted by molar-refractivity contribution is -0.0818. The first-order chi connectivity index (χ1) is 10.1. The van der Waals surface area contributed by atoms with Crippen LogP contribution in [-0.4, -0.2) is 40.3 Å². The molecule has 1 aliphatic heterocycles. The van der Waals surface area contributed by atoms with Crippen LogP contribution in [0.2, 0.25) is 0 Å². The quantitative estimate of drug-likeness (QED) is 0.868. The summed E-state index contributed by atoms with van der Waals surface area (Å²) in [7, 11) is 0. The third-order valence-corrected chi connectivity index (χ3v) is 3.83. The summed E-state index contributed by atoms with van der Waals surface area (Å²) >= 11 is 0. The molecule has 0 spiro atoms. The van der Waals surface area contributed by atoms with Gasteiger partial charge in [-0.15, -0.1) is 0 Å².